The quantitative estimate of drug-likeness (QED) is 0.483. The maximum absolute atomic E-state index is 13.0. The number of hydrogen-bond donors (Lipinski definition) is 1. The molecule has 3 heterocycles. The van der Waals surface area contributed by atoms with Crippen LogP contribution in [0.15, 0.2) is 47.8 Å². The number of piperazine rings is 2. The van der Waals surface area contributed by atoms with Crippen molar-refractivity contribution < 1.29 is 14.3 Å². The minimum Gasteiger partial charge on any atom is -0.497 e. The van der Waals surface area contributed by atoms with E-state index in [0.29, 0.717) is 43.5 Å². The molecule has 10 heteroatoms. The highest BCUT2D eigenvalue weighted by atomic mass is 32.1. The summed E-state index contributed by atoms with van der Waals surface area (Å²) in [5.41, 5.74) is 5.19. The number of benzene rings is 2. The number of aromatic nitrogens is 1. The predicted molar refractivity (Wildman–Crippen MR) is 155 cm³/mol. The minimum atomic E-state index is -0.0670. The van der Waals surface area contributed by atoms with E-state index in [2.05, 4.69) is 52.1 Å². The Morgan fingerprint density at radius 2 is 1.54 bits per heavy atom. The average Bonchev–Trinajstić information content (AvgIpc) is 3.42. The number of amides is 2. The Kier molecular flexibility index (Phi) is 8.33. The van der Waals surface area contributed by atoms with E-state index in [9.17, 15) is 9.59 Å². The fraction of sp³-hybridized carbons (Fsp3) is 0.414. The summed E-state index contributed by atoms with van der Waals surface area (Å²) in [5.74, 6) is 0.888. The highest BCUT2D eigenvalue weighted by molar-refractivity contribution is 7.14. The van der Waals surface area contributed by atoms with E-state index in [1.165, 1.54) is 28.2 Å². The maximum Gasteiger partial charge on any atom is 0.273 e. The summed E-state index contributed by atoms with van der Waals surface area (Å²) in [6.45, 7) is 10.4. The fourth-order valence-corrected chi connectivity index (χ4v) is 5.98. The van der Waals surface area contributed by atoms with Gasteiger partial charge in [-0.05, 0) is 49.2 Å². The second-order valence-electron chi connectivity index (χ2n) is 10.1. The van der Waals surface area contributed by atoms with Crippen molar-refractivity contribution in [2.45, 2.75) is 13.8 Å². The van der Waals surface area contributed by atoms with Crippen molar-refractivity contribution in [3.05, 3.63) is 64.7 Å². The average molecular weight is 549 g/mol. The van der Waals surface area contributed by atoms with Crippen LogP contribution in [0.1, 0.15) is 21.6 Å². The lowest BCUT2D eigenvalue weighted by atomic mass is 10.1. The molecular formula is C29H36N6O3S. The molecule has 0 saturated carbocycles. The highest BCUT2D eigenvalue weighted by Crippen LogP contribution is 2.26. The fourth-order valence-electron chi connectivity index (χ4n) is 5.27. The number of carbonyl (C=O) groups excluding carboxylic acids is 2. The molecule has 0 aliphatic carbocycles. The monoisotopic (exact) mass is 548 g/mol. The maximum atomic E-state index is 13.0. The number of ether oxygens (including phenoxy) is 1. The van der Waals surface area contributed by atoms with Crippen LogP contribution in [0.25, 0.3) is 0 Å². The van der Waals surface area contributed by atoms with Crippen LogP contribution in [-0.4, -0.2) is 97.5 Å². The molecule has 3 aromatic rings. The minimum absolute atomic E-state index is 0.0670. The molecule has 9 nitrogen and oxygen atoms in total. The molecule has 0 spiro atoms. The zero-order valence-electron chi connectivity index (χ0n) is 22.9. The summed E-state index contributed by atoms with van der Waals surface area (Å²) in [4.78, 5) is 38.9. The van der Waals surface area contributed by atoms with Gasteiger partial charge in [0.25, 0.3) is 5.91 Å². The molecule has 2 aromatic carbocycles. The zero-order valence-corrected chi connectivity index (χ0v) is 23.7. The Hall–Kier alpha value is -3.63. The second-order valence-corrected chi connectivity index (χ2v) is 10.9. The van der Waals surface area contributed by atoms with Gasteiger partial charge in [-0.2, -0.15) is 0 Å². The van der Waals surface area contributed by atoms with Gasteiger partial charge < -0.3 is 24.8 Å². The van der Waals surface area contributed by atoms with Gasteiger partial charge in [-0.1, -0.05) is 18.2 Å². The molecule has 1 N–H and O–H groups in total. The first kappa shape index (κ1) is 27.0. The van der Waals surface area contributed by atoms with Gasteiger partial charge in [0.05, 0.1) is 13.7 Å². The first-order valence-electron chi connectivity index (χ1n) is 13.4. The summed E-state index contributed by atoms with van der Waals surface area (Å²) in [7, 11) is 1.63. The van der Waals surface area contributed by atoms with Crippen LogP contribution in [0, 0.1) is 13.8 Å². The number of methoxy groups -OCH3 is 1. The van der Waals surface area contributed by atoms with Crippen LogP contribution in [0.5, 0.6) is 5.75 Å². The molecule has 2 fully saturated rings. The van der Waals surface area contributed by atoms with Crippen LogP contribution in [0.3, 0.4) is 0 Å². The van der Waals surface area contributed by atoms with Gasteiger partial charge in [0.15, 0.2) is 5.13 Å². The van der Waals surface area contributed by atoms with Crippen molar-refractivity contribution in [3.8, 4) is 5.75 Å². The molecule has 2 amide bonds. The third kappa shape index (κ3) is 6.34. The number of nitrogens with zero attached hydrogens (tertiary/aromatic N) is 5. The lowest BCUT2D eigenvalue weighted by Crippen LogP contribution is -2.54. The largest absolute Gasteiger partial charge is 0.497 e. The molecule has 0 bridgehead atoms. The SMILES string of the molecule is COc1ccc(Nc2nc(C(=O)N3CCN(CC(=O)N4CCN(c5c(C)cccc5C)CC4)CC3)cs2)cc1. The molecule has 0 unspecified atom stereocenters. The van der Waals surface area contributed by atoms with Gasteiger partial charge in [0.2, 0.25) is 5.91 Å². The lowest BCUT2D eigenvalue weighted by Gasteiger charge is -2.39. The highest BCUT2D eigenvalue weighted by Gasteiger charge is 2.28. The third-order valence-corrected chi connectivity index (χ3v) is 8.23. The van der Waals surface area contributed by atoms with Crippen LogP contribution in [-0.2, 0) is 4.79 Å². The van der Waals surface area contributed by atoms with E-state index in [1.54, 1.807) is 12.5 Å². The van der Waals surface area contributed by atoms with Gasteiger partial charge >= 0.3 is 0 Å². The Morgan fingerprint density at radius 3 is 2.18 bits per heavy atom. The number of hydrogen-bond acceptors (Lipinski definition) is 8. The molecule has 5 rings (SSSR count). The first-order chi connectivity index (χ1) is 18.9. The number of anilines is 3. The van der Waals surface area contributed by atoms with Crippen LogP contribution < -0.4 is 15.0 Å². The van der Waals surface area contributed by atoms with Gasteiger partial charge in [-0.15, -0.1) is 11.3 Å². The summed E-state index contributed by atoms with van der Waals surface area (Å²) < 4.78 is 5.19. The number of aryl methyl sites for hydroxylation is 2. The van der Waals surface area contributed by atoms with Crippen LogP contribution in [0.2, 0.25) is 0 Å². The van der Waals surface area contributed by atoms with Crippen LogP contribution >= 0.6 is 11.3 Å². The van der Waals surface area contributed by atoms with Gasteiger partial charge in [0, 0.05) is 69.1 Å². The van der Waals surface area contributed by atoms with Crippen molar-refractivity contribution in [1.29, 1.82) is 0 Å². The third-order valence-electron chi connectivity index (χ3n) is 7.47. The van der Waals surface area contributed by atoms with E-state index >= 15 is 0 Å². The Bertz CT molecular complexity index is 1270. The smallest absolute Gasteiger partial charge is 0.273 e. The number of para-hydroxylation sites is 1. The van der Waals surface area contributed by atoms with Crippen LogP contribution in [0.4, 0.5) is 16.5 Å². The second kappa shape index (κ2) is 12.0. The normalized spacial score (nSPS) is 16.3. The number of nitrogens with one attached hydrogen (secondary N) is 1. The zero-order chi connectivity index (χ0) is 27.4. The topological polar surface area (TPSA) is 81.2 Å². The number of carbonyl (C=O) groups is 2. The summed E-state index contributed by atoms with van der Waals surface area (Å²) >= 11 is 1.41. The molecular weight excluding hydrogens is 512 g/mol. The Balaban J connectivity index is 1.07. The Labute approximate surface area is 234 Å². The number of thiazole rings is 1. The van der Waals surface area contributed by atoms with E-state index in [1.807, 2.05) is 34.1 Å². The summed E-state index contributed by atoms with van der Waals surface area (Å²) in [5, 5.41) is 5.70. The Morgan fingerprint density at radius 1 is 0.897 bits per heavy atom. The summed E-state index contributed by atoms with van der Waals surface area (Å²) in [6, 6.07) is 14.0. The van der Waals surface area contributed by atoms with E-state index in [0.717, 1.165) is 37.6 Å². The van der Waals surface area contributed by atoms with E-state index < -0.39 is 0 Å². The molecule has 1 aromatic heterocycles. The molecule has 206 valence electrons. The predicted octanol–water partition coefficient (Wildman–Crippen LogP) is 3.62. The molecule has 2 aliphatic rings. The molecule has 39 heavy (non-hydrogen) atoms. The number of rotatable bonds is 7. The van der Waals surface area contributed by atoms with Crippen molar-refractivity contribution in [1.82, 2.24) is 19.7 Å². The standard InChI is InChI=1S/C29H36N6O3S/c1-21-5-4-6-22(2)27(21)34-17-15-33(16-18-34)26(36)19-32-11-13-35(14-12-32)28(37)25-20-39-29(31-25)30-23-7-9-24(38-3)10-8-23/h4-10,20H,11-19H2,1-3H3,(H,30,31). The lowest BCUT2D eigenvalue weighted by molar-refractivity contribution is -0.133. The van der Waals surface area contributed by atoms with Crippen molar-refractivity contribution in [2.75, 3.05) is 76.2 Å². The summed E-state index contributed by atoms with van der Waals surface area (Å²) in [6.07, 6.45) is 0. The van der Waals surface area contributed by atoms with Crippen molar-refractivity contribution in [2.24, 2.45) is 0 Å². The van der Waals surface area contributed by atoms with Crippen molar-refractivity contribution in [3.63, 3.8) is 0 Å². The molecule has 2 saturated heterocycles. The van der Waals surface area contributed by atoms with E-state index in [4.69, 9.17) is 4.74 Å². The molecule has 2 aliphatic heterocycles. The van der Waals surface area contributed by atoms with Gasteiger partial charge in [0.1, 0.15) is 11.4 Å². The van der Waals surface area contributed by atoms with E-state index in [-0.39, 0.29) is 11.8 Å². The van der Waals surface area contributed by atoms with Gasteiger partial charge in [-0.3, -0.25) is 14.5 Å². The molecule has 0 radical (unpaired) electrons. The molecule has 0 atom stereocenters. The first-order valence-corrected chi connectivity index (χ1v) is 14.3. The van der Waals surface area contributed by atoms with Crippen molar-refractivity contribution >= 4 is 39.7 Å². The van der Waals surface area contributed by atoms with Gasteiger partial charge in [-0.25, -0.2) is 4.98 Å².